The summed E-state index contributed by atoms with van der Waals surface area (Å²) in [5.74, 6) is 0. The van der Waals surface area contributed by atoms with Gasteiger partial charge in [0, 0.05) is 19.7 Å². The maximum Gasteiger partial charge on any atom is 0.0698 e. The summed E-state index contributed by atoms with van der Waals surface area (Å²) in [5.41, 5.74) is 6.40. The Kier molecular flexibility index (Phi) is 5.22. The third-order valence-corrected chi connectivity index (χ3v) is 3.66. The van der Waals surface area contributed by atoms with Crippen LogP contribution in [0.25, 0.3) is 0 Å². The maximum absolute atomic E-state index is 6.18. The van der Waals surface area contributed by atoms with Crippen LogP contribution >= 0.6 is 0 Å². The molecule has 0 bridgehead atoms. The first-order chi connectivity index (χ1) is 7.43. The largest absolute Gasteiger partial charge is 0.380 e. The Labute approximate surface area is 100 Å². The Bertz CT molecular complexity index is 201. The molecule has 1 aliphatic heterocycles. The van der Waals surface area contributed by atoms with Gasteiger partial charge in [-0.3, -0.25) is 0 Å². The molecule has 2 N–H and O–H groups in total. The molecule has 0 spiro atoms. The van der Waals surface area contributed by atoms with Gasteiger partial charge in [-0.2, -0.15) is 0 Å². The van der Waals surface area contributed by atoms with Gasteiger partial charge in [-0.15, -0.1) is 0 Å². The lowest BCUT2D eigenvalue weighted by Gasteiger charge is -2.34. The number of nitrogens with two attached hydrogens (primary N) is 1. The fourth-order valence-corrected chi connectivity index (χ4v) is 2.16. The molecule has 3 nitrogen and oxygen atoms in total. The standard InChI is InChI=1S/C13H28N2O/c1-13(2,3)12(14)7-9-15-8-5-6-11(10-15)16-4/h11-12H,5-10,14H2,1-4H3. The fraction of sp³-hybridized carbons (Fsp3) is 1.00. The average molecular weight is 228 g/mol. The number of hydrogen-bond donors (Lipinski definition) is 1. The molecular formula is C13H28N2O. The summed E-state index contributed by atoms with van der Waals surface area (Å²) >= 11 is 0. The highest BCUT2D eigenvalue weighted by atomic mass is 16.5. The van der Waals surface area contributed by atoms with Gasteiger partial charge in [-0.25, -0.2) is 0 Å². The van der Waals surface area contributed by atoms with E-state index in [9.17, 15) is 0 Å². The van der Waals surface area contributed by atoms with Gasteiger partial charge in [0.15, 0.2) is 0 Å². The number of hydrogen-bond acceptors (Lipinski definition) is 3. The summed E-state index contributed by atoms with van der Waals surface area (Å²) in [6.07, 6.45) is 3.97. The van der Waals surface area contributed by atoms with Crippen molar-refractivity contribution in [1.29, 1.82) is 0 Å². The van der Waals surface area contributed by atoms with E-state index in [0.717, 1.165) is 19.5 Å². The first-order valence-electron chi connectivity index (χ1n) is 6.44. The monoisotopic (exact) mass is 228 g/mol. The second kappa shape index (κ2) is 5.99. The van der Waals surface area contributed by atoms with Crippen molar-refractivity contribution in [2.24, 2.45) is 11.1 Å². The van der Waals surface area contributed by atoms with E-state index in [1.165, 1.54) is 19.4 Å². The minimum absolute atomic E-state index is 0.219. The van der Waals surface area contributed by atoms with Crippen molar-refractivity contribution in [2.75, 3.05) is 26.7 Å². The zero-order chi connectivity index (χ0) is 12.2. The predicted molar refractivity (Wildman–Crippen MR) is 68.5 cm³/mol. The predicted octanol–water partition coefficient (Wildman–Crippen LogP) is 1.86. The SMILES string of the molecule is COC1CCCN(CCC(N)C(C)(C)C)C1. The summed E-state index contributed by atoms with van der Waals surface area (Å²) in [4.78, 5) is 2.49. The Hall–Kier alpha value is -0.120. The van der Waals surface area contributed by atoms with Gasteiger partial charge >= 0.3 is 0 Å². The van der Waals surface area contributed by atoms with Crippen LogP contribution < -0.4 is 5.73 Å². The van der Waals surface area contributed by atoms with Gasteiger partial charge in [0.25, 0.3) is 0 Å². The van der Waals surface area contributed by atoms with Crippen molar-refractivity contribution in [3.63, 3.8) is 0 Å². The van der Waals surface area contributed by atoms with Gasteiger partial charge in [0.05, 0.1) is 6.10 Å². The van der Waals surface area contributed by atoms with Crippen molar-refractivity contribution >= 4 is 0 Å². The quantitative estimate of drug-likeness (QED) is 0.798. The Morgan fingerprint density at radius 1 is 1.44 bits per heavy atom. The van der Waals surface area contributed by atoms with Gasteiger partial charge in [0.2, 0.25) is 0 Å². The van der Waals surface area contributed by atoms with Gasteiger partial charge in [-0.05, 0) is 37.8 Å². The fourth-order valence-electron chi connectivity index (χ4n) is 2.16. The molecule has 1 heterocycles. The van der Waals surface area contributed by atoms with E-state index in [1.54, 1.807) is 0 Å². The molecule has 1 rings (SSSR count). The highest BCUT2D eigenvalue weighted by Gasteiger charge is 2.23. The molecule has 0 aromatic carbocycles. The molecule has 0 radical (unpaired) electrons. The Balaban J connectivity index is 2.27. The van der Waals surface area contributed by atoms with Crippen LogP contribution in [0.5, 0.6) is 0 Å². The number of nitrogens with zero attached hydrogens (tertiary/aromatic N) is 1. The summed E-state index contributed by atoms with van der Waals surface area (Å²) in [7, 11) is 1.81. The minimum Gasteiger partial charge on any atom is -0.380 e. The van der Waals surface area contributed by atoms with Crippen LogP contribution in [-0.2, 0) is 4.74 Å². The molecule has 1 aliphatic rings. The van der Waals surface area contributed by atoms with E-state index in [-0.39, 0.29) is 11.5 Å². The smallest absolute Gasteiger partial charge is 0.0698 e. The number of piperidine rings is 1. The van der Waals surface area contributed by atoms with Crippen molar-refractivity contribution in [2.45, 2.75) is 52.2 Å². The third kappa shape index (κ3) is 4.40. The molecule has 1 fully saturated rings. The zero-order valence-electron chi connectivity index (χ0n) is 11.3. The van der Waals surface area contributed by atoms with Gasteiger partial charge in [-0.1, -0.05) is 20.8 Å². The Morgan fingerprint density at radius 2 is 2.12 bits per heavy atom. The van der Waals surface area contributed by atoms with Crippen LogP contribution in [0.15, 0.2) is 0 Å². The van der Waals surface area contributed by atoms with Crippen molar-refractivity contribution in [3.05, 3.63) is 0 Å². The minimum atomic E-state index is 0.219. The van der Waals surface area contributed by atoms with E-state index >= 15 is 0 Å². The number of likely N-dealkylation sites (tertiary alicyclic amines) is 1. The molecule has 3 heteroatoms. The molecule has 2 atom stereocenters. The second-order valence-corrected chi connectivity index (χ2v) is 6.06. The van der Waals surface area contributed by atoms with E-state index in [4.69, 9.17) is 10.5 Å². The molecular weight excluding hydrogens is 200 g/mol. The van der Waals surface area contributed by atoms with E-state index in [1.807, 2.05) is 7.11 Å². The van der Waals surface area contributed by atoms with Crippen LogP contribution in [0, 0.1) is 5.41 Å². The van der Waals surface area contributed by atoms with E-state index < -0.39 is 0 Å². The second-order valence-electron chi connectivity index (χ2n) is 6.06. The molecule has 96 valence electrons. The number of methoxy groups -OCH3 is 1. The molecule has 0 aromatic rings. The molecule has 0 aromatic heterocycles. The molecule has 0 saturated carbocycles. The third-order valence-electron chi connectivity index (χ3n) is 3.66. The van der Waals surface area contributed by atoms with E-state index in [2.05, 4.69) is 25.7 Å². The van der Waals surface area contributed by atoms with Crippen LogP contribution in [0.4, 0.5) is 0 Å². The van der Waals surface area contributed by atoms with E-state index in [0.29, 0.717) is 6.10 Å². The molecule has 0 amide bonds. The number of rotatable bonds is 4. The van der Waals surface area contributed by atoms with Gasteiger partial charge < -0.3 is 15.4 Å². The molecule has 1 saturated heterocycles. The molecule has 16 heavy (non-hydrogen) atoms. The first-order valence-corrected chi connectivity index (χ1v) is 6.44. The normalized spacial score (nSPS) is 25.7. The van der Waals surface area contributed by atoms with Crippen LogP contribution in [0.3, 0.4) is 0 Å². The summed E-state index contributed by atoms with van der Waals surface area (Å²) in [5, 5.41) is 0. The number of ether oxygens (including phenoxy) is 1. The van der Waals surface area contributed by atoms with Gasteiger partial charge in [0.1, 0.15) is 0 Å². The average Bonchev–Trinajstić information content (AvgIpc) is 2.25. The van der Waals surface area contributed by atoms with Crippen molar-refractivity contribution in [1.82, 2.24) is 4.90 Å². The lowest BCUT2D eigenvalue weighted by atomic mass is 9.85. The van der Waals surface area contributed by atoms with Crippen LogP contribution in [0.2, 0.25) is 0 Å². The molecule has 2 unspecified atom stereocenters. The highest BCUT2D eigenvalue weighted by molar-refractivity contribution is 4.80. The highest BCUT2D eigenvalue weighted by Crippen LogP contribution is 2.21. The van der Waals surface area contributed by atoms with Crippen LogP contribution in [-0.4, -0.2) is 43.8 Å². The summed E-state index contributed by atoms with van der Waals surface area (Å²) < 4.78 is 5.42. The van der Waals surface area contributed by atoms with Crippen molar-refractivity contribution in [3.8, 4) is 0 Å². The van der Waals surface area contributed by atoms with Crippen molar-refractivity contribution < 1.29 is 4.74 Å². The van der Waals surface area contributed by atoms with Crippen LogP contribution in [0.1, 0.15) is 40.0 Å². The lowest BCUT2D eigenvalue weighted by Crippen LogP contribution is -2.43. The maximum atomic E-state index is 6.18. The zero-order valence-corrected chi connectivity index (χ0v) is 11.3. The topological polar surface area (TPSA) is 38.5 Å². The summed E-state index contributed by atoms with van der Waals surface area (Å²) in [6, 6.07) is 0.287. The lowest BCUT2D eigenvalue weighted by molar-refractivity contribution is 0.0293. The summed E-state index contributed by atoms with van der Waals surface area (Å²) in [6.45, 7) is 10.0. The Morgan fingerprint density at radius 3 is 2.69 bits per heavy atom. The molecule has 0 aliphatic carbocycles. The first kappa shape index (κ1) is 13.9.